The number of nitrogens with zero attached hydrogens (tertiary/aromatic N) is 2. The first kappa shape index (κ1) is 19.0. The third-order valence-electron chi connectivity index (χ3n) is 4.76. The molecule has 0 radical (unpaired) electrons. The first-order valence-corrected chi connectivity index (χ1v) is 8.92. The van der Waals surface area contributed by atoms with E-state index in [1.165, 1.54) is 12.1 Å². The van der Waals surface area contributed by atoms with E-state index < -0.39 is 11.9 Å². The van der Waals surface area contributed by atoms with E-state index in [4.69, 9.17) is 5.73 Å². The molecule has 3 rings (SSSR count). The van der Waals surface area contributed by atoms with Crippen molar-refractivity contribution in [3.63, 3.8) is 0 Å². The van der Waals surface area contributed by atoms with Crippen molar-refractivity contribution < 1.29 is 9.18 Å². The number of carbonyl (C=O) groups excluding carboxylic acids is 1. The van der Waals surface area contributed by atoms with Gasteiger partial charge in [-0.05, 0) is 41.8 Å². The van der Waals surface area contributed by atoms with Gasteiger partial charge in [-0.2, -0.15) is 0 Å². The number of carbonyl (C=O) groups is 1. The molecule has 1 atom stereocenters. The van der Waals surface area contributed by atoms with Crippen molar-refractivity contribution in [1.82, 2.24) is 15.5 Å². The highest BCUT2D eigenvalue weighted by Gasteiger charge is 2.21. The minimum atomic E-state index is -0.468. The molecule has 1 aliphatic rings. The molecular weight excluding hydrogens is 345 g/mol. The van der Waals surface area contributed by atoms with Crippen molar-refractivity contribution >= 4 is 17.3 Å². The van der Waals surface area contributed by atoms with Crippen LogP contribution in [0.2, 0.25) is 0 Å². The molecule has 2 aromatic rings. The van der Waals surface area contributed by atoms with Crippen LogP contribution in [0.25, 0.3) is 5.57 Å². The lowest BCUT2D eigenvalue weighted by Gasteiger charge is -2.26. The van der Waals surface area contributed by atoms with E-state index in [0.29, 0.717) is 18.9 Å². The van der Waals surface area contributed by atoms with Gasteiger partial charge in [0.2, 0.25) is 5.91 Å². The van der Waals surface area contributed by atoms with Crippen LogP contribution in [0.5, 0.6) is 0 Å². The molecule has 0 saturated heterocycles. The van der Waals surface area contributed by atoms with Crippen molar-refractivity contribution in [2.24, 2.45) is 5.73 Å². The number of hydrogen-bond donors (Lipinski definition) is 3. The quantitative estimate of drug-likeness (QED) is 0.726. The monoisotopic (exact) mass is 369 g/mol. The number of halogens is 1. The number of hydrogen-bond acceptors (Lipinski definition) is 5. The highest BCUT2D eigenvalue weighted by atomic mass is 19.1. The minimum Gasteiger partial charge on any atom is -0.368 e. The van der Waals surface area contributed by atoms with Crippen LogP contribution in [0.1, 0.15) is 31.5 Å². The number of anilines is 1. The zero-order chi connectivity index (χ0) is 19.4. The molecule has 27 heavy (non-hydrogen) atoms. The molecule has 142 valence electrons. The normalized spacial score (nSPS) is 17.3. The summed E-state index contributed by atoms with van der Waals surface area (Å²) in [5.41, 5.74) is 7.90. The predicted octanol–water partition coefficient (Wildman–Crippen LogP) is 2.24. The van der Waals surface area contributed by atoms with Crippen molar-refractivity contribution in [2.75, 3.05) is 18.4 Å². The minimum absolute atomic E-state index is 0.194. The van der Waals surface area contributed by atoms with E-state index in [1.54, 1.807) is 18.2 Å². The first-order chi connectivity index (χ1) is 12.8. The standard InChI is InChI=1S/C20H24FN5O/c1-20(2,14-3-5-15(21)6-4-14)12-24-18-8-7-16(25-26-18)13-9-10-23-17(11-13)19(22)27/h3-8,11,17,23H,9-10,12H2,1-2H3,(H2,22,27)(H,24,26). The van der Waals surface area contributed by atoms with E-state index in [9.17, 15) is 9.18 Å². The van der Waals surface area contributed by atoms with E-state index in [1.807, 2.05) is 12.1 Å². The van der Waals surface area contributed by atoms with E-state index in [0.717, 1.165) is 23.3 Å². The van der Waals surface area contributed by atoms with Crippen LogP contribution < -0.4 is 16.4 Å². The van der Waals surface area contributed by atoms with Crippen molar-refractivity contribution in [2.45, 2.75) is 31.7 Å². The van der Waals surface area contributed by atoms with Crippen LogP contribution in [0, 0.1) is 5.82 Å². The topological polar surface area (TPSA) is 92.9 Å². The van der Waals surface area contributed by atoms with E-state index >= 15 is 0 Å². The Balaban J connectivity index is 1.65. The van der Waals surface area contributed by atoms with Crippen LogP contribution in [0.4, 0.5) is 10.2 Å². The van der Waals surface area contributed by atoms with Gasteiger partial charge >= 0.3 is 0 Å². The Morgan fingerprint density at radius 2 is 2.00 bits per heavy atom. The number of primary amides is 1. The lowest BCUT2D eigenvalue weighted by atomic mass is 9.84. The summed E-state index contributed by atoms with van der Waals surface area (Å²) in [6, 6.07) is 9.82. The van der Waals surface area contributed by atoms with Gasteiger partial charge in [-0.1, -0.05) is 32.1 Å². The summed E-state index contributed by atoms with van der Waals surface area (Å²) in [5.74, 6) is 0.0196. The fraction of sp³-hybridized carbons (Fsp3) is 0.350. The second-order valence-electron chi connectivity index (χ2n) is 7.32. The largest absolute Gasteiger partial charge is 0.368 e. The zero-order valence-corrected chi connectivity index (χ0v) is 15.5. The Bertz CT molecular complexity index is 830. The van der Waals surface area contributed by atoms with Gasteiger partial charge in [0.25, 0.3) is 0 Å². The summed E-state index contributed by atoms with van der Waals surface area (Å²) in [5, 5.41) is 14.8. The average molecular weight is 369 g/mol. The van der Waals surface area contributed by atoms with Gasteiger partial charge in [0, 0.05) is 18.5 Å². The Labute approximate surface area is 158 Å². The second-order valence-corrected chi connectivity index (χ2v) is 7.32. The fourth-order valence-electron chi connectivity index (χ4n) is 3.01. The Hall–Kier alpha value is -2.80. The SMILES string of the molecule is CC(C)(CNc1ccc(C2=CC(C(N)=O)NCC2)nn1)c1ccc(F)cc1. The molecule has 4 N–H and O–H groups in total. The summed E-state index contributed by atoms with van der Waals surface area (Å²) in [6.07, 6.45) is 2.57. The maximum absolute atomic E-state index is 13.1. The lowest BCUT2D eigenvalue weighted by molar-refractivity contribution is -0.119. The second kappa shape index (κ2) is 7.84. The van der Waals surface area contributed by atoms with Gasteiger partial charge in [0.15, 0.2) is 0 Å². The Morgan fingerprint density at radius 1 is 1.26 bits per heavy atom. The number of aromatic nitrogens is 2. The maximum atomic E-state index is 13.1. The molecule has 6 nitrogen and oxygen atoms in total. The van der Waals surface area contributed by atoms with Gasteiger partial charge in [0.1, 0.15) is 17.7 Å². The molecule has 1 aromatic heterocycles. The van der Waals surface area contributed by atoms with Crippen molar-refractivity contribution in [1.29, 1.82) is 0 Å². The number of benzene rings is 1. The summed E-state index contributed by atoms with van der Waals surface area (Å²) >= 11 is 0. The molecule has 1 amide bonds. The number of nitrogens with one attached hydrogen (secondary N) is 2. The number of amides is 1. The van der Waals surface area contributed by atoms with Gasteiger partial charge < -0.3 is 16.4 Å². The summed E-state index contributed by atoms with van der Waals surface area (Å²) in [4.78, 5) is 11.3. The molecule has 0 bridgehead atoms. The van der Waals surface area contributed by atoms with Crippen molar-refractivity contribution in [3.8, 4) is 0 Å². The van der Waals surface area contributed by atoms with Crippen LogP contribution >= 0.6 is 0 Å². The molecule has 0 spiro atoms. The molecule has 7 heteroatoms. The highest BCUT2D eigenvalue weighted by Crippen LogP contribution is 2.24. The molecule has 0 aliphatic carbocycles. The van der Waals surface area contributed by atoms with Gasteiger partial charge in [-0.3, -0.25) is 4.79 Å². The molecular formula is C20H24FN5O. The van der Waals surface area contributed by atoms with E-state index in [2.05, 4.69) is 34.7 Å². The number of rotatable bonds is 6. The molecule has 0 saturated carbocycles. The molecule has 2 heterocycles. The number of nitrogens with two attached hydrogens (primary N) is 1. The molecule has 1 unspecified atom stereocenters. The van der Waals surface area contributed by atoms with Crippen molar-refractivity contribution in [3.05, 3.63) is 59.5 Å². The van der Waals surface area contributed by atoms with Gasteiger partial charge in [-0.15, -0.1) is 10.2 Å². The smallest absolute Gasteiger partial charge is 0.238 e. The van der Waals surface area contributed by atoms with Crippen LogP contribution in [-0.4, -0.2) is 35.2 Å². The first-order valence-electron chi connectivity index (χ1n) is 8.92. The molecule has 0 fully saturated rings. The summed E-state index contributed by atoms with van der Waals surface area (Å²) in [7, 11) is 0. The van der Waals surface area contributed by atoms with Gasteiger partial charge in [0.05, 0.1) is 5.69 Å². The average Bonchev–Trinajstić information content (AvgIpc) is 2.67. The van der Waals surface area contributed by atoms with Crippen LogP contribution in [-0.2, 0) is 10.2 Å². The Kier molecular flexibility index (Phi) is 5.51. The lowest BCUT2D eigenvalue weighted by Crippen LogP contribution is -2.42. The maximum Gasteiger partial charge on any atom is 0.238 e. The third-order valence-corrected chi connectivity index (χ3v) is 4.76. The zero-order valence-electron chi connectivity index (χ0n) is 15.5. The van der Waals surface area contributed by atoms with E-state index in [-0.39, 0.29) is 11.2 Å². The van der Waals surface area contributed by atoms with Crippen LogP contribution in [0.15, 0.2) is 42.5 Å². The summed E-state index contributed by atoms with van der Waals surface area (Å²) in [6.45, 7) is 5.47. The Morgan fingerprint density at radius 3 is 2.63 bits per heavy atom. The predicted molar refractivity (Wildman–Crippen MR) is 104 cm³/mol. The van der Waals surface area contributed by atoms with Gasteiger partial charge in [-0.25, -0.2) is 4.39 Å². The molecule has 1 aromatic carbocycles. The molecule has 1 aliphatic heterocycles. The third kappa shape index (κ3) is 4.68. The summed E-state index contributed by atoms with van der Waals surface area (Å²) < 4.78 is 13.1. The van der Waals surface area contributed by atoms with Crippen LogP contribution in [0.3, 0.4) is 0 Å². The highest BCUT2D eigenvalue weighted by molar-refractivity contribution is 5.85. The fourth-order valence-corrected chi connectivity index (χ4v) is 3.01.